The third-order valence-electron chi connectivity index (χ3n) is 9.25. The van der Waals surface area contributed by atoms with Gasteiger partial charge in [0.15, 0.2) is 11.9 Å². The lowest BCUT2D eigenvalue weighted by molar-refractivity contribution is -0.123. The number of amides is 2. The minimum absolute atomic E-state index is 0.00493. The van der Waals surface area contributed by atoms with E-state index in [1.165, 1.54) is 24.6 Å². The second-order valence-corrected chi connectivity index (χ2v) is 14.8. The first-order valence-corrected chi connectivity index (χ1v) is 17.0. The van der Waals surface area contributed by atoms with E-state index in [2.05, 4.69) is 92.0 Å². The predicted molar refractivity (Wildman–Crippen MR) is 193 cm³/mol. The van der Waals surface area contributed by atoms with Gasteiger partial charge in [-0.15, -0.1) is 0 Å². The fraction of sp³-hybridized carbons (Fsp3) is 0.500. The molecule has 1 unspecified atom stereocenters. The Morgan fingerprint density at radius 1 is 0.766 bits per heavy atom. The van der Waals surface area contributed by atoms with Crippen molar-refractivity contribution >= 4 is 23.2 Å². The number of ether oxygens (including phenoxy) is 2. The Bertz CT molecular complexity index is 1530. The van der Waals surface area contributed by atoms with Crippen LogP contribution in [0.3, 0.4) is 0 Å². The van der Waals surface area contributed by atoms with Gasteiger partial charge >= 0.3 is 0 Å². The molecule has 0 bridgehead atoms. The number of benzene rings is 3. The van der Waals surface area contributed by atoms with Gasteiger partial charge in [-0.3, -0.25) is 9.59 Å². The SMILES string of the molecule is CCCCC(Oc1ccc(C(C)(C)CC)cc1C(C)(C)CC)C(=O)Nc1cc(O)c(NC(C)=O)cc1Oc1ccc(C(C)(C)C)cc1. The number of phenols is 1. The lowest BCUT2D eigenvalue weighted by Gasteiger charge is -2.31. The van der Waals surface area contributed by atoms with E-state index < -0.39 is 6.10 Å². The number of carbonyl (C=O) groups excluding carboxylic acids is 2. The van der Waals surface area contributed by atoms with Gasteiger partial charge in [-0.25, -0.2) is 0 Å². The maximum atomic E-state index is 14.0. The number of carbonyl (C=O) groups is 2. The van der Waals surface area contributed by atoms with Gasteiger partial charge in [0.1, 0.15) is 17.2 Å². The maximum absolute atomic E-state index is 14.0. The average Bonchev–Trinajstić information content (AvgIpc) is 3.00. The first-order valence-electron chi connectivity index (χ1n) is 17.0. The van der Waals surface area contributed by atoms with Crippen LogP contribution < -0.4 is 20.1 Å². The number of hydrogen-bond donors (Lipinski definition) is 3. The number of phenolic OH excluding ortho intramolecular Hbond substituents is 1. The molecule has 7 nitrogen and oxygen atoms in total. The molecule has 0 aromatic heterocycles. The number of nitrogens with one attached hydrogen (secondary N) is 2. The molecule has 0 saturated heterocycles. The fourth-order valence-corrected chi connectivity index (χ4v) is 5.17. The monoisotopic (exact) mass is 644 g/mol. The van der Waals surface area contributed by atoms with Gasteiger partial charge in [-0.2, -0.15) is 0 Å². The highest BCUT2D eigenvalue weighted by Gasteiger charge is 2.30. The zero-order valence-electron chi connectivity index (χ0n) is 30.4. The molecule has 3 N–H and O–H groups in total. The zero-order valence-corrected chi connectivity index (χ0v) is 30.4. The molecule has 0 aliphatic rings. The average molecular weight is 645 g/mol. The highest BCUT2D eigenvalue weighted by Crippen LogP contribution is 2.41. The van der Waals surface area contributed by atoms with Crippen molar-refractivity contribution in [3.63, 3.8) is 0 Å². The first kappa shape index (κ1) is 37.5. The van der Waals surface area contributed by atoms with Crippen molar-refractivity contribution in [1.82, 2.24) is 0 Å². The van der Waals surface area contributed by atoms with Crippen LogP contribution in [0.2, 0.25) is 0 Å². The highest BCUT2D eigenvalue weighted by molar-refractivity contribution is 5.98. The van der Waals surface area contributed by atoms with Crippen molar-refractivity contribution in [2.24, 2.45) is 0 Å². The number of anilines is 2. The van der Waals surface area contributed by atoms with Crippen LogP contribution in [0, 0.1) is 0 Å². The zero-order chi connectivity index (χ0) is 35.2. The summed E-state index contributed by atoms with van der Waals surface area (Å²) >= 11 is 0. The summed E-state index contributed by atoms with van der Waals surface area (Å²) in [5.74, 6) is 0.631. The molecular formula is C40H56N2O5. The molecule has 0 aliphatic carbocycles. The number of unbranched alkanes of at least 4 members (excludes halogenated alkanes) is 1. The normalized spacial score (nSPS) is 12.7. The van der Waals surface area contributed by atoms with E-state index in [0.29, 0.717) is 17.9 Å². The van der Waals surface area contributed by atoms with Crippen LogP contribution in [-0.2, 0) is 25.8 Å². The molecule has 0 saturated carbocycles. The fourth-order valence-electron chi connectivity index (χ4n) is 5.17. The standard InChI is InChI=1S/C40H56N2O5/c1-12-15-16-35(47-34-22-19-28(39(8,9)13-2)23-30(34)40(10,11)14-3)37(45)42-32-24-33(44)31(41-26(4)43)25-36(32)46-29-20-17-27(18-21-29)38(5,6)7/h17-25,35,44H,12-16H2,1-11H3,(H,41,43)(H,42,45). The molecule has 2 amide bonds. The maximum Gasteiger partial charge on any atom is 0.265 e. The summed E-state index contributed by atoms with van der Waals surface area (Å²) in [5.41, 5.74) is 3.72. The Morgan fingerprint density at radius 3 is 1.94 bits per heavy atom. The van der Waals surface area contributed by atoms with E-state index in [9.17, 15) is 14.7 Å². The lowest BCUT2D eigenvalue weighted by Crippen LogP contribution is -2.34. The van der Waals surface area contributed by atoms with Gasteiger partial charge in [-0.1, -0.05) is 99.9 Å². The van der Waals surface area contributed by atoms with Gasteiger partial charge < -0.3 is 25.2 Å². The first-order chi connectivity index (χ1) is 21.9. The van der Waals surface area contributed by atoms with Gasteiger partial charge in [-0.05, 0) is 71.3 Å². The third-order valence-corrected chi connectivity index (χ3v) is 9.25. The van der Waals surface area contributed by atoms with E-state index in [0.717, 1.165) is 36.8 Å². The summed E-state index contributed by atoms with van der Waals surface area (Å²) in [7, 11) is 0. The lowest BCUT2D eigenvalue weighted by atomic mass is 9.76. The largest absolute Gasteiger partial charge is 0.506 e. The molecule has 0 fully saturated rings. The van der Waals surface area contributed by atoms with Crippen molar-refractivity contribution < 1.29 is 24.2 Å². The van der Waals surface area contributed by atoms with Crippen LogP contribution in [-0.4, -0.2) is 23.0 Å². The molecule has 0 spiro atoms. The molecular weight excluding hydrogens is 588 g/mol. The van der Waals surface area contributed by atoms with E-state index in [1.807, 2.05) is 30.3 Å². The number of aromatic hydroxyl groups is 1. The molecule has 1 atom stereocenters. The second-order valence-electron chi connectivity index (χ2n) is 14.8. The van der Waals surface area contributed by atoms with Crippen molar-refractivity contribution in [2.75, 3.05) is 10.6 Å². The third kappa shape index (κ3) is 9.75. The highest BCUT2D eigenvalue weighted by atomic mass is 16.5. The molecule has 47 heavy (non-hydrogen) atoms. The van der Waals surface area contributed by atoms with Crippen LogP contribution in [0.25, 0.3) is 0 Å². The van der Waals surface area contributed by atoms with Crippen LogP contribution in [0.5, 0.6) is 23.0 Å². The molecule has 3 aromatic rings. The van der Waals surface area contributed by atoms with E-state index in [-0.39, 0.29) is 50.9 Å². The predicted octanol–water partition coefficient (Wildman–Crippen LogP) is 10.4. The number of hydrogen-bond acceptors (Lipinski definition) is 5. The summed E-state index contributed by atoms with van der Waals surface area (Å²) in [5, 5.41) is 16.4. The van der Waals surface area contributed by atoms with Crippen LogP contribution in [0.4, 0.5) is 11.4 Å². The minimum Gasteiger partial charge on any atom is -0.506 e. The van der Waals surface area contributed by atoms with E-state index >= 15 is 0 Å². The topological polar surface area (TPSA) is 96.9 Å². The van der Waals surface area contributed by atoms with Crippen molar-refractivity contribution in [3.8, 4) is 23.0 Å². The molecule has 3 rings (SSSR count). The van der Waals surface area contributed by atoms with Gasteiger partial charge in [0.25, 0.3) is 5.91 Å². The minimum atomic E-state index is -0.789. The van der Waals surface area contributed by atoms with Crippen molar-refractivity contribution in [2.45, 2.75) is 131 Å². The Kier molecular flexibility index (Phi) is 12.2. The van der Waals surface area contributed by atoms with E-state index in [4.69, 9.17) is 9.47 Å². The van der Waals surface area contributed by atoms with Gasteiger partial charge in [0, 0.05) is 24.6 Å². The molecule has 7 heteroatoms. The van der Waals surface area contributed by atoms with Crippen molar-refractivity contribution in [3.05, 3.63) is 71.3 Å². The number of rotatable bonds is 14. The second kappa shape index (κ2) is 15.3. The van der Waals surface area contributed by atoms with Crippen LogP contribution >= 0.6 is 0 Å². The summed E-state index contributed by atoms with van der Waals surface area (Å²) in [6, 6.07) is 17.0. The molecule has 0 aliphatic heterocycles. The van der Waals surface area contributed by atoms with Gasteiger partial charge in [0.05, 0.1) is 11.4 Å². The Labute approximate surface area is 282 Å². The van der Waals surface area contributed by atoms with E-state index in [1.54, 1.807) is 0 Å². The molecule has 0 radical (unpaired) electrons. The van der Waals surface area contributed by atoms with Gasteiger partial charge in [0.2, 0.25) is 5.91 Å². The molecule has 3 aromatic carbocycles. The smallest absolute Gasteiger partial charge is 0.265 e. The Hall–Kier alpha value is -4.00. The quantitative estimate of drug-likeness (QED) is 0.152. The van der Waals surface area contributed by atoms with Crippen LogP contribution in [0.1, 0.15) is 125 Å². The Morgan fingerprint density at radius 2 is 1.38 bits per heavy atom. The molecule has 0 heterocycles. The Balaban J connectivity index is 2.02. The summed E-state index contributed by atoms with van der Waals surface area (Å²) in [6.45, 7) is 23.1. The van der Waals surface area contributed by atoms with Crippen LogP contribution in [0.15, 0.2) is 54.6 Å². The van der Waals surface area contributed by atoms with Crippen molar-refractivity contribution in [1.29, 1.82) is 0 Å². The summed E-state index contributed by atoms with van der Waals surface area (Å²) in [4.78, 5) is 25.9. The summed E-state index contributed by atoms with van der Waals surface area (Å²) in [6.07, 6.45) is 3.32. The summed E-state index contributed by atoms with van der Waals surface area (Å²) < 4.78 is 12.9. The molecule has 256 valence electrons.